The zero-order valence-corrected chi connectivity index (χ0v) is 19.3. The van der Waals surface area contributed by atoms with Crippen LogP contribution in [0, 0.1) is 0 Å². The second-order valence-electron chi connectivity index (χ2n) is 8.10. The van der Waals surface area contributed by atoms with Crippen molar-refractivity contribution in [1.82, 2.24) is 0 Å². The number of benzene rings is 1. The number of carbonyl (C=O) groups excluding carboxylic acids is 1. The van der Waals surface area contributed by atoms with Crippen LogP contribution in [0.25, 0.3) is 0 Å². The Labute approximate surface area is 177 Å². The van der Waals surface area contributed by atoms with Crippen molar-refractivity contribution in [3.63, 3.8) is 0 Å². The van der Waals surface area contributed by atoms with Crippen molar-refractivity contribution >= 4 is 6.29 Å². The fourth-order valence-electron chi connectivity index (χ4n) is 3.19. The molecule has 0 aromatic heterocycles. The molecule has 27 heavy (non-hydrogen) atoms. The van der Waals surface area contributed by atoms with Gasteiger partial charge in [-0.25, -0.2) is 0 Å². The molecule has 0 saturated carbocycles. The predicted octanol–water partition coefficient (Wildman–Crippen LogP) is 2.88. The van der Waals surface area contributed by atoms with Gasteiger partial charge in [-0.3, -0.25) is 4.79 Å². The maximum Gasteiger partial charge on any atom is 0.150 e. The lowest BCUT2D eigenvalue weighted by Crippen LogP contribution is -3.00. The fraction of sp³-hybridized carbons (Fsp3) is 0.696. The van der Waals surface area contributed by atoms with E-state index in [4.69, 9.17) is 4.74 Å². The van der Waals surface area contributed by atoms with E-state index in [1.165, 1.54) is 70.8 Å². The smallest absolute Gasteiger partial charge is 0.150 e. The van der Waals surface area contributed by atoms with E-state index < -0.39 is 0 Å². The predicted molar refractivity (Wildman–Crippen MR) is 111 cm³/mol. The molecule has 0 aliphatic heterocycles. The molecule has 0 radical (unpaired) electrons. The lowest BCUT2D eigenvalue weighted by atomic mass is 10.1. The molecule has 0 spiro atoms. The molecule has 1 aromatic carbocycles. The van der Waals surface area contributed by atoms with E-state index in [9.17, 15) is 4.79 Å². The number of unbranched alkanes of at least 4 members (excludes halogenated alkanes) is 9. The van der Waals surface area contributed by atoms with Crippen LogP contribution in [0.15, 0.2) is 24.3 Å². The summed E-state index contributed by atoms with van der Waals surface area (Å²) in [6, 6.07) is 7.33. The van der Waals surface area contributed by atoms with Crippen molar-refractivity contribution in [2.45, 2.75) is 71.1 Å². The second-order valence-corrected chi connectivity index (χ2v) is 8.10. The Hall–Kier alpha value is -0.870. The quantitative estimate of drug-likeness (QED) is 0.224. The van der Waals surface area contributed by atoms with Gasteiger partial charge < -0.3 is 26.2 Å². The summed E-state index contributed by atoms with van der Waals surface area (Å²) < 4.78 is 6.81. The molecule has 0 amide bonds. The molecule has 0 aliphatic carbocycles. The molecule has 0 fully saturated rings. The Morgan fingerprint density at radius 2 is 1.33 bits per heavy atom. The van der Waals surface area contributed by atoms with E-state index in [2.05, 4.69) is 21.0 Å². The number of rotatable bonds is 16. The second kappa shape index (κ2) is 16.1. The Morgan fingerprint density at radius 3 is 1.85 bits per heavy atom. The van der Waals surface area contributed by atoms with Gasteiger partial charge in [0.05, 0.1) is 20.6 Å². The van der Waals surface area contributed by atoms with Gasteiger partial charge in [-0.1, -0.05) is 58.3 Å². The van der Waals surface area contributed by atoms with Crippen molar-refractivity contribution in [2.75, 3.05) is 33.8 Å². The molecule has 0 bridgehead atoms. The third-order valence-electron chi connectivity index (χ3n) is 5.10. The highest BCUT2D eigenvalue weighted by atomic mass is 79.9. The molecule has 3 nitrogen and oxygen atoms in total. The van der Waals surface area contributed by atoms with Crippen LogP contribution >= 0.6 is 0 Å². The summed E-state index contributed by atoms with van der Waals surface area (Å²) in [5.74, 6) is 0.842. The van der Waals surface area contributed by atoms with Crippen LogP contribution in [0.3, 0.4) is 0 Å². The van der Waals surface area contributed by atoms with Gasteiger partial charge in [-0.2, -0.15) is 0 Å². The van der Waals surface area contributed by atoms with Crippen LogP contribution in [0.2, 0.25) is 0 Å². The third kappa shape index (κ3) is 13.9. The van der Waals surface area contributed by atoms with Gasteiger partial charge in [0.25, 0.3) is 0 Å². The molecular formula is C23H40BrNO2. The number of quaternary nitrogens is 1. The Morgan fingerprint density at radius 1 is 0.815 bits per heavy atom. The molecular weight excluding hydrogens is 402 g/mol. The lowest BCUT2D eigenvalue weighted by molar-refractivity contribution is -0.890. The number of hydrogen-bond donors (Lipinski definition) is 0. The van der Waals surface area contributed by atoms with Crippen molar-refractivity contribution < 1.29 is 31.0 Å². The Bertz CT molecular complexity index is 474. The minimum absolute atomic E-state index is 0. The first-order valence-electron chi connectivity index (χ1n) is 10.6. The summed E-state index contributed by atoms with van der Waals surface area (Å²) in [6.45, 7) is 5.21. The van der Waals surface area contributed by atoms with E-state index >= 15 is 0 Å². The highest BCUT2D eigenvalue weighted by Gasteiger charge is 2.14. The van der Waals surface area contributed by atoms with E-state index in [0.29, 0.717) is 12.2 Å². The number of nitrogens with zero attached hydrogens (tertiary/aromatic N) is 1. The number of aldehydes is 1. The SMILES string of the molecule is CCCCCCCCCCCC[N+](C)(C)CCOc1ccc(C=O)cc1.[Br-]. The average molecular weight is 442 g/mol. The number of ether oxygens (including phenoxy) is 1. The summed E-state index contributed by atoms with van der Waals surface area (Å²) in [4.78, 5) is 10.7. The fourth-order valence-corrected chi connectivity index (χ4v) is 3.19. The first kappa shape index (κ1) is 26.1. The average Bonchev–Trinajstić information content (AvgIpc) is 2.63. The van der Waals surface area contributed by atoms with Crippen molar-refractivity contribution in [1.29, 1.82) is 0 Å². The summed E-state index contributed by atoms with van der Waals surface area (Å²) >= 11 is 0. The lowest BCUT2D eigenvalue weighted by Gasteiger charge is -2.29. The summed E-state index contributed by atoms with van der Waals surface area (Å²) in [5, 5.41) is 0. The van der Waals surface area contributed by atoms with E-state index in [-0.39, 0.29) is 17.0 Å². The van der Waals surface area contributed by atoms with E-state index in [0.717, 1.165) is 23.1 Å². The first-order valence-corrected chi connectivity index (χ1v) is 10.6. The summed E-state index contributed by atoms with van der Waals surface area (Å²) in [6.07, 6.45) is 14.7. The van der Waals surface area contributed by atoms with Crippen molar-refractivity contribution in [3.8, 4) is 5.75 Å². The maximum absolute atomic E-state index is 10.7. The maximum atomic E-state index is 10.7. The molecule has 0 saturated heterocycles. The highest BCUT2D eigenvalue weighted by Crippen LogP contribution is 2.13. The van der Waals surface area contributed by atoms with Crippen LogP contribution in [0.5, 0.6) is 5.75 Å². The molecule has 1 aromatic rings. The minimum atomic E-state index is 0. The zero-order valence-electron chi connectivity index (χ0n) is 17.7. The van der Waals surface area contributed by atoms with Crippen LogP contribution in [0.1, 0.15) is 81.5 Å². The third-order valence-corrected chi connectivity index (χ3v) is 5.10. The van der Waals surface area contributed by atoms with Gasteiger partial charge >= 0.3 is 0 Å². The van der Waals surface area contributed by atoms with Gasteiger partial charge in [0.15, 0.2) is 0 Å². The number of halogens is 1. The summed E-state index contributed by atoms with van der Waals surface area (Å²) in [5.41, 5.74) is 0.689. The molecule has 0 aliphatic rings. The normalized spacial score (nSPS) is 11.1. The van der Waals surface area contributed by atoms with Crippen LogP contribution in [0.4, 0.5) is 0 Å². The van der Waals surface area contributed by atoms with Gasteiger partial charge in [-0.15, -0.1) is 0 Å². The van der Waals surface area contributed by atoms with Gasteiger partial charge in [0.1, 0.15) is 25.2 Å². The standard InChI is InChI=1S/C23H40NO2.BrH/c1-4-5-6-7-8-9-10-11-12-13-18-24(2,3)19-20-26-23-16-14-22(21-25)15-17-23;/h14-17,21H,4-13,18-20H2,1-3H3;1H/q+1;/p-1. The van der Waals surface area contributed by atoms with Crippen LogP contribution < -0.4 is 21.7 Å². The van der Waals surface area contributed by atoms with Gasteiger partial charge in [0, 0.05) is 5.56 Å². The molecule has 4 heteroatoms. The van der Waals surface area contributed by atoms with Gasteiger partial charge in [-0.05, 0) is 37.1 Å². The Balaban J connectivity index is 0.00000676. The zero-order chi connectivity index (χ0) is 19.1. The topological polar surface area (TPSA) is 26.3 Å². The molecule has 1 rings (SSSR count). The summed E-state index contributed by atoms with van der Waals surface area (Å²) in [7, 11) is 4.57. The van der Waals surface area contributed by atoms with Gasteiger partial charge in [0.2, 0.25) is 0 Å². The van der Waals surface area contributed by atoms with E-state index in [1.54, 1.807) is 12.1 Å². The monoisotopic (exact) mass is 441 g/mol. The molecule has 0 heterocycles. The van der Waals surface area contributed by atoms with Crippen LogP contribution in [-0.2, 0) is 0 Å². The molecule has 0 unspecified atom stereocenters. The first-order chi connectivity index (χ1) is 12.6. The number of hydrogen-bond acceptors (Lipinski definition) is 2. The van der Waals surface area contributed by atoms with E-state index in [1.807, 2.05) is 12.1 Å². The highest BCUT2D eigenvalue weighted by molar-refractivity contribution is 5.74. The largest absolute Gasteiger partial charge is 1.00 e. The Kier molecular flexibility index (Phi) is 15.6. The molecule has 0 N–H and O–H groups in total. The minimum Gasteiger partial charge on any atom is -1.00 e. The van der Waals surface area contributed by atoms with Crippen molar-refractivity contribution in [3.05, 3.63) is 29.8 Å². The van der Waals surface area contributed by atoms with Crippen LogP contribution in [-0.4, -0.2) is 44.6 Å². The molecule has 0 atom stereocenters. The number of carbonyl (C=O) groups is 1. The molecule has 156 valence electrons. The van der Waals surface area contributed by atoms with Crippen molar-refractivity contribution in [2.24, 2.45) is 0 Å². The number of likely N-dealkylation sites (N-methyl/N-ethyl adjacent to an activating group) is 1.